The van der Waals surface area contributed by atoms with Crippen LogP contribution in [0.4, 0.5) is 0 Å². The number of allylic oxidation sites excluding steroid dienone is 4. The summed E-state index contributed by atoms with van der Waals surface area (Å²) in [5.74, 6) is 1.56. The van der Waals surface area contributed by atoms with Crippen molar-refractivity contribution in [1.29, 1.82) is 0 Å². The van der Waals surface area contributed by atoms with Crippen molar-refractivity contribution in [1.82, 2.24) is 0 Å². The fourth-order valence-electron chi connectivity index (χ4n) is 1.46. The van der Waals surface area contributed by atoms with E-state index in [0.29, 0.717) is 0 Å². The van der Waals surface area contributed by atoms with Gasteiger partial charge in [0.15, 0.2) is 0 Å². The molecule has 0 aliphatic heterocycles. The van der Waals surface area contributed by atoms with Crippen LogP contribution in [0.2, 0.25) is 0 Å². The molecule has 1 aliphatic carbocycles. The molecule has 0 aromatic heterocycles. The lowest BCUT2D eigenvalue weighted by atomic mass is 9.87. The second kappa shape index (κ2) is 3.60. The third kappa shape index (κ3) is 1.73. The van der Waals surface area contributed by atoms with E-state index in [1.54, 1.807) is 0 Å². The van der Waals surface area contributed by atoms with E-state index in [4.69, 9.17) is 0 Å². The van der Waals surface area contributed by atoms with Crippen molar-refractivity contribution in [2.45, 2.75) is 26.7 Å². The molecule has 0 spiro atoms. The average Bonchev–Trinajstić information content (AvgIpc) is 1.94. The molecule has 0 amide bonds. The minimum atomic E-state index is 0.755. The zero-order chi connectivity index (χ0) is 7.40. The second-order valence-corrected chi connectivity index (χ2v) is 3.08. The van der Waals surface area contributed by atoms with Gasteiger partial charge in [-0.25, -0.2) is 0 Å². The summed E-state index contributed by atoms with van der Waals surface area (Å²) in [5.41, 5.74) is 0. The summed E-state index contributed by atoms with van der Waals surface area (Å²) in [7, 11) is 0. The maximum absolute atomic E-state index is 2.33. The van der Waals surface area contributed by atoms with Gasteiger partial charge >= 0.3 is 0 Å². The normalized spacial score (nSPS) is 31.0. The molecule has 0 N–H and O–H groups in total. The van der Waals surface area contributed by atoms with Gasteiger partial charge in [0.1, 0.15) is 0 Å². The molecule has 10 heavy (non-hydrogen) atoms. The summed E-state index contributed by atoms with van der Waals surface area (Å²) in [5, 5.41) is 0. The van der Waals surface area contributed by atoms with Crippen LogP contribution >= 0.6 is 0 Å². The molecule has 56 valence electrons. The predicted octanol–water partition coefficient (Wildman–Crippen LogP) is 3.16. The van der Waals surface area contributed by atoms with E-state index in [1.807, 2.05) is 0 Å². The number of hydrogen-bond acceptors (Lipinski definition) is 0. The Morgan fingerprint density at radius 2 is 1.90 bits per heavy atom. The van der Waals surface area contributed by atoms with Gasteiger partial charge in [-0.05, 0) is 18.3 Å². The lowest BCUT2D eigenvalue weighted by Gasteiger charge is -2.18. The van der Waals surface area contributed by atoms with Crippen molar-refractivity contribution in [2.24, 2.45) is 11.8 Å². The van der Waals surface area contributed by atoms with Crippen molar-refractivity contribution < 1.29 is 0 Å². The molecule has 0 aromatic rings. The first-order valence-corrected chi connectivity index (χ1v) is 4.19. The van der Waals surface area contributed by atoms with Gasteiger partial charge in [-0.3, -0.25) is 0 Å². The van der Waals surface area contributed by atoms with Crippen LogP contribution in [0.25, 0.3) is 0 Å². The van der Waals surface area contributed by atoms with E-state index < -0.39 is 0 Å². The molecule has 0 nitrogen and oxygen atoms in total. The summed E-state index contributed by atoms with van der Waals surface area (Å²) < 4.78 is 0. The molecule has 0 saturated carbocycles. The molecule has 0 radical (unpaired) electrons. The largest absolute Gasteiger partial charge is 0.0811 e. The molecule has 0 fully saturated rings. The third-order valence-corrected chi connectivity index (χ3v) is 2.18. The average molecular weight is 136 g/mol. The van der Waals surface area contributed by atoms with Crippen molar-refractivity contribution in [3.05, 3.63) is 24.3 Å². The van der Waals surface area contributed by atoms with E-state index in [-0.39, 0.29) is 0 Å². The summed E-state index contributed by atoms with van der Waals surface area (Å²) in [4.78, 5) is 0. The van der Waals surface area contributed by atoms with Crippen LogP contribution in [0.1, 0.15) is 26.7 Å². The third-order valence-electron chi connectivity index (χ3n) is 2.18. The molecule has 1 aliphatic rings. The Kier molecular flexibility index (Phi) is 2.73. The molecule has 1 rings (SSSR count). The van der Waals surface area contributed by atoms with Crippen molar-refractivity contribution in [3.63, 3.8) is 0 Å². The Hall–Kier alpha value is -0.520. The number of rotatable bonds is 2. The summed E-state index contributed by atoms with van der Waals surface area (Å²) in [6, 6.07) is 0. The first kappa shape index (κ1) is 7.59. The highest BCUT2D eigenvalue weighted by Gasteiger charge is 2.11. The van der Waals surface area contributed by atoms with E-state index in [2.05, 4.69) is 38.2 Å². The van der Waals surface area contributed by atoms with E-state index in [9.17, 15) is 0 Å². The van der Waals surface area contributed by atoms with Crippen LogP contribution in [0, 0.1) is 11.8 Å². The first-order chi connectivity index (χ1) is 4.84. The zero-order valence-corrected chi connectivity index (χ0v) is 6.88. The minimum Gasteiger partial charge on any atom is -0.0811 e. The zero-order valence-electron chi connectivity index (χ0n) is 6.88. The van der Waals surface area contributed by atoms with Gasteiger partial charge in [-0.15, -0.1) is 0 Å². The molecular weight excluding hydrogens is 120 g/mol. The van der Waals surface area contributed by atoms with Crippen LogP contribution < -0.4 is 0 Å². The summed E-state index contributed by atoms with van der Waals surface area (Å²) >= 11 is 0. The standard InChI is InChI=1S/C10H16/c1-3-6-10-8-5-4-7-9(10)2/h4-5,7-10H,3,6H2,1-2H3. The Morgan fingerprint density at radius 1 is 1.20 bits per heavy atom. The van der Waals surface area contributed by atoms with Crippen molar-refractivity contribution in [3.8, 4) is 0 Å². The Balaban J connectivity index is 2.44. The SMILES string of the molecule is CCCC1C=CC=CC1C. The number of hydrogen-bond donors (Lipinski definition) is 0. The van der Waals surface area contributed by atoms with Gasteiger partial charge in [0.05, 0.1) is 0 Å². The highest BCUT2D eigenvalue weighted by atomic mass is 14.2. The summed E-state index contributed by atoms with van der Waals surface area (Å²) in [6.07, 6.45) is 11.6. The maximum atomic E-state index is 2.33. The van der Waals surface area contributed by atoms with Crippen LogP contribution in [-0.2, 0) is 0 Å². The highest BCUT2D eigenvalue weighted by Crippen LogP contribution is 2.22. The molecule has 2 unspecified atom stereocenters. The van der Waals surface area contributed by atoms with Crippen LogP contribution in [0.15, 0.2) is 24.3 Å². The van der Waals surface area contributed by atoms with Crippen LogP contribution in [0.3, 0.4) is 0 Å². The topological polar surface area (TPSA) is 0 Å². The fourth-order valence-corrected chi connectivity index (χ4v) is 1.46. The van der Waals surface area contributed by atoms with Gasteiger partial charge in [-0.1, -0.05) is 44.6 Å². The minimum absolute atomic E-state index is 0.755. The molecule has 0 saturated heterocycles. The Morgan fingerprint density at radius 3 is 2.50 bits per heavy atom. The van der Waals surface area contributed by atoms with Gasteiger partial charge in [-0.2, -0.15) is 0 Å². The molecule has 0 aromatic carbocycles. The van der Waals surface area contributed by atoms with E-state index >= 15 is 0 Å². The predicted molar refractivity (Wildman–Crippen MR) is 45.8 cm³/mol. The maximum Gasteiger partial charge on any atom is -0.0170 e. The Bertz CT molecular complexity index is 142. The molecular formula is C10H16. The van der Waals surface area contributed by atoms with Crippen LogP contribution in [0.5, 0.6) is 0 Å². The highest BCUT2D eigenvalue weighted by molar-refractivity contribution is 5.13. The van der Waals surface area contributed by atoms with Crippen molar-refractivity contribution in [2.75, 3.05) is 0 Å². The van der Waals surface area contributed by atoms with E-state index in [1.165, 1.54) is 12.8 Å². The van der Waals surface area contributed by atoms with E-state index in [0.717, 1.165) is 11.8 Å². The molecule has 0 heterocycles. The monoisotopic (exact) mass is 136 g/mol. The second-order valence-electron chi connectivity index (χ2n) is 3.08. The van der Waals surface area contributed by atoms with Gasteiger partial charge in [0.2, 0.25) is 0 Å². The van der Waals surface area contributed by atoms with Gasteiger partial charge in [0, 0.05) is 0 Å². The smallest absolute Gasteiger partial charge is 0.0170 e. The fraction of sp³-hybridized carbons (Fsp3) is 0.600. The van der Waals surface area contributed by atoms with Crippen LogP contribution in [-0.4, -0.2) is 0 Å². The Labute approximate surface area is 63.6 Å². The van der Waals surface area contributed by atoms with Gasteiger partial charge < -0.3 is 0 Å². The lowest BCUT2D eigenvalue weighted by molar-refractivity contribution is 0.466. The summed E-state index contributed by atoms with van der Waals surface area (Å²) in [6.45, 7) is 4.54. The molecule has 0 heteroatoms. The lowest BCUT2D eigenvalue weighted by Crippen LogP contribution is -2.08. The molecule has 0 bridgehead atoms. The van der Waals surface area contributed by atoms with Crippen molar-refractivity contribution >= 4 is 0 Å². The quantitative estimate of drug-likeness (QED) is 0.547. The molecule has 2 atom stereocenters. The van der Waals surface area contributed by atoms with Gasteiger partial charge in [0.25, 0.3) is 0 Å². The first-order valence-electron chi connectivity index (χ1n) is 4.19.